The van der Waals surface area contributed by atoms with Gasteiger partial charge in [0, 0.05) is 51.4 Å². The average Bonchev–Trinajstić information content (AvgIpc) is 2.55. The molecule has 1 heterocycles. The van der Waals surface area contributed by atoms with Crippen LogP contribution in [0.4, 0.5) is 5.69 Å². The Bertz CT molecular complexity index is 456. The Hall–Kier alpha value is -1.88. The zero-order valence-corrected chi connectivity index (χ0v) is 12.6. The van der Waals surface area contributed by atoms with Crippen molar-refractivity contribution in [2.24, 2.45) is 0 Å². The molecule has 5 heteroatoms. The van der Waals surface area contributed by atoms with E-state index in [0.717, 1.165) is 44.8 Å². The standard InChI is InChI=1S/C16H23N3O2/c1-2-19(15-6-4-3-5-7-15)16(21)8-9-17-10-12-18(14-20)13-11-17/h3-7,14H,2,8-13H2,1H3. The summed E-state index contributed by atoms with van der Waals surface area (Å²) in [7, 11) is 0. The summed E-state index contributed by atoms with van der Waals surface area (Å²) >= 11 is 0. The Kier molecular flexibility index (Phi) is 5.75. The van der Waals surface area contributed by atoms with E-state index in [1.807, 2.05) is 42.2 Å². The topological polar surface area (TPSA) is 43.9 Å². The lowest BCUT2D eigenvalue weighted by atomic mass is 10.2. The number of carbonyl (C=O) groups is 2. The Balaban J connectivity index is 1.82. The van der Waals surface area contributed by atoms with Crippen molar-refractivity contribution in [1.29, 1.82) is 0 Å². The lowest BCUT2D eigenvalue weighted by Gasteiger charge is -2.32. The van der Waals surface area contributed by atoms with E-state index in [-0.39, 0.29) is 5.91 Å². The van der Waals surface area contributed by atoms with Gasteiger partial charge in [-0.2, -0.15) is 0 Å². The fourth-order valence-electron chi connectivity index (χ4n) is 2.59. The minimum absolute atomic E-state index is 0.154. The number of amides is 2. The summed E-state index contributed by atoms with van der Waals surface area (Å²) in [6.07, 6.45) is 1.42. The summed E-state index contributed by atoms with van der Waals surface area (Å²) in [5.41, 5.74) is 0.954. The minimum Gasteiger partial charge on any atom is -0.343 e. The first-order valence-corrected chi connectivity index (χ1v) is 7.51. The Morgan fingerprint density at radius 3 is 2.43 bits per heavy atom. The molecule has 1 aromatic rings. The second-order valence-corrected chi connectivity index (χ2v) is 5.21. The van der Waals surface area contributed by atoms with Crippen LogP contribution in [0.1, 0.15) is 13.3 Å². The van der Waals surface area contributed by atoms with E-state index in [1.165, 1.54) is 0 Å². The highest BCUT2D eigenvalue weighted by Gasteiger charge is 2.18. The molecule has 1 saturated heterocycles. The van der Waals surface area contributed by atoms with E-state index in [1.54, 1.807) is 4.90 Å². The third-order valence-corrected chi connectivity index (χ3v) is 3.88. The van der Waals surface area contributed by atoms with Gasteiger partial charge < -0.3 is 9.80 Å². The Morgan fingerprint density at radius 2 is 1.86 bits per heavy atom. The zero-order valence-electron chi connectivity index (χ0n) is 12.6. The van der Waals surface area contributed by atoms with Gasteiger partial charge in [-0.05, 0) is 19.1 Å². The second-order valence-electron chi connectivity index (χ2n) is 5.21. The van der Waals surface area contributed by atoms with E-state index in [0.29, 0.717) is 13.0 Å². The number of nitrogens with zero attached hydrogens (tertiary/aromatic N) is 3. The van der Waals surface area contributed by atoms with Crippen molar-refractivity contribution in [3.8, 4) is 0 Å². The van der Waals surface area contributed by atoms with Crippen LogP contribution in [-0.2, 0) is 9.59 Å². The van der Waals surface area contributed by atoms with Crippen molar-refractivity contribution in [3.05, 3.63) is 30.3 Å². The van der Waals surface area contributed by atoms with E-state index >= 15 is 0 Å². The number of rotatable bonds is 6. The lowest BCUT2D eigenvalue weighted by molar-refractivity contribution is -0.121. The number of piperazine rings is 1. The van der Waals surface area contributed by atoms with Crippen molar-refractivity contribution in [3.63, 3.8) is 0 Å². The van der Waals surface area contributed by atoms with Gasteiger partial charge in [0.2, 0.25) is 12.3 Å². The molecule has 2 amide bonds. The van der Waals surface area contributed by atoms with Crippen LogP contribution in [0, 0.1) is 0 Å². The van der Waals surface area contributed by atoms with Gasteiger partial charge in [-0.3, -0.25) is 14.5 Å². The second kappa shape index (κ2) is 7.78. The van der Waals surface area contributed by atoms with Crippen molar-refractivity contribution >= 4 is 18.0 Å². The molecule has 21 heavy (non-hydrogen) atoms. The molecule has 0 aromatic heterocycles. The Morgan fingerprint density at radius 1 is 1.19 bits per heavy atom. The van der Waals surface area contributed by atoms with Crippen LogP contribution >= 0.6 is 0 Å². The van der Waals surface area contributed by atoms with Crippen LogP contribution in [0.5, 0.6) is 0 Å². The number of para-hydroxylation sites is 1. The van der Waals surface area contributed by atoms with E-state index in [2.05, 4.69) is 4.90 Å². The normalized spacial score (nSPS) is 15.8. The van der Waals surface area contributed by atoms with E-state index < -0.39 is 0 Å². The fraction of sp³-hybridized carbons (Fsp3) is 0.500. The maximum Gasteiger partial charge on any atom is 0.228 e. The van der Waals surface area contributed by atoms with Gasteiger partial charge in [-0.1, -0.05) is 18.2 Å². The van der Waals surface area contributed by atoms with E-state index in [4.69, 9.17) is 0 Å². The van der Waals surface area contributed by atoms with Crippen LogP contribution in [0.3, 0.4) is 0 Å². The highest BCUT2D eigenvalue weighted by atomic mass is 16.2. The largest absolute Gasteiger partial charge is 0.343 e. The molecule has 1 aliphatic heterocycles. The molecule has 0 aliphatic carbocycles. The maximum atomic E-state index is 12.4. The maximum absolute atomic E-state index is 12.4. The smallest absolute Gasteiger partial charge is 0.228 e. The summed E-state index contributed by atoms with van der Waals surface area (Å²) in [5, 5.41) is 0. The summed E-state index contributed by atoms with van der Waals surface area (Å²) < 4.78 is 0. The summed E-state index contributed by atoms with van der Waals surface area (Å²) in [5.74, 6) is 0.154. The molecular weight excluding hydrogens is 266 g/mol. The molecule has 2 rings (SSSR count). The van der Waals surface area contributed by atoms with Gasteiger partial charge in [0.15, 0.2) is 0 Å². The fourth-order valence-corrected chi connectivity index (χ4v) is 2.59. The van der Waals surface area contributed by atoms with Crippen molar-refractivity contribution in [2.45, 2.75) is 13.3 Å². The first-order chi connectivity index (χ1) is 10.2. The molecule has 0 atom stereocenters. The molecule has 114 valence electrons. The molecular formula is C16H23N3O2. The predicted octanol–water partition coefficient (Wildman–Crippen LogP) is 1.20. The first kappa shape index (κ1) is 15.5. The zero-order chi connectivity index (χ0) is 15.1. The van der Waals surface area contributed by atoms with Crippen LogP contribution in [0.2, 0.25) is 0 Å². The van der Waals surface area contributed by atoms with Gasteiger partial charge in [0.05, 0.1) is 0 Å². The molecule has 0 saturated carbocycles. The van der Waals surface area contributed by atoms with Gasteiger partial charge in [0.25, 0.3) is 0 Å². The Labute approximate surface area is 126 Å². The quantitative estimate of drug-likeness (QED) is 0.739. The van der Waals surface area contributed by atoms with Gasteiger partial charge in [-0.25, -0.2) is 0 Å². The summed E-state index contributed by atoms with van der Waals surface area (Å²) in [4.78, 5) is 28.9. The third kappa shape index (κ3) is 4.29. The van der Waals surface area contributed by atoms with Crippen LogP contribution in [0.25, 0.3) is 0 Å². The van der Waals surface area contributed by atoms with Gasteiger partial charge in [0.1, 0.15) is 0 Å². The first-order valence-electron chi connectivity index (χ1n) is 7.51. The molecule has 0 bridgehead atoms. The summed E-state index contributed by atoms with van der Waals surface area (Å²) in [6.45, 7) is 6.65. The molecule has 0 unspecified atom stereocenters. The van der Waals surface area contributed by atoms with Gasteiger partial charge >= 0.3 is 0 Å². The monoisotopic (exact) mass is 289 g/mol. The van der Waals surface area contributed by atoms with Crippen LogP contribution in [0.15, 0.2) is 30.3 Å². The molecule has 0 radical (unpaired) electrons. The number of hydrogen-bond donors (Lipinski definition) is 0. The van der Waals surface area contributed by atoms with Gasteiger partial charge in [-0.15, -0.1) is 0 Å². The summed E-state index contributed by atoms with van der Waals surface area (Å²) in [6, 6.07) is 9.77. The molecule has 1 aromatic carbocycles. The molecule has 5 nitrogen and oxygen atoms in total. The number of carbonyl (C=O) groups excluding carboxylic acids is 2. The highest BCUT2D eigenvalue weighted by molar-refractivity contribution is 5.93. The number of benzene rings is 1. The van der Waals surface area contributed by atoms with E-state index in [9.17, 15) is 9.59 Å². The van der Waals surface area contributed by atoms with Crippen molar-refractivity contribution in [1.82, 2.24) is 9.80 Å². The third-order valence-electron chi connectivity index (χ3n) is 3.88. The molecule has 1 aliphatic rings. The molecule has 0 spiro atoms. The van der Waals surface area contributed by atoms with Crippen molar-refractivity contribution in [2.75, 3.05) is 44.2 Å². The van der Waals surface area contributed by atoms with Crippen molar-refractivity contribution < 1.29 is 9.59 Å². The molecule has 0 N–H and O–H groups in total. The average molecular weight is 289 g/mol. The van der Waals surface area contributed by atoms with Crippen LogP contribution in [-0.4, -0.2) is 61.4 Å². The number of anilines is 1. The minimum atomic E-state index is 0.154. The molecule has 1 fully saturated rings. The highest BCUT2D eigenvalue weighted by Crippen LogP contribution is 2.14. The van der Waals surface area contributed by atoms with Crippen LogP contribution < -0.4 is 4.90 Å². The predicted molar refractivity (Wildman–Crippen MR) is 83.2 cm³/mol. The lowest BCUT2D eigenvalue weighted by Crippen LogP contribution is -2.46. The SMILES string of the molecule is CCN(C(=O)CCN1CCN(C=O)CC1)c1ccccc1. The number of hydrogen-bond acceptors (Lipinski definition) is 3.